The Morgan fingerprint density at radius 3 is 2.42 bits per heavy atom. The van der Waals surface area contributed by atoms with E-state index >= 15 is 0 Å². The van der Waals surface area contributed by atoms with Gasteiger partial charge in [0.25, 0.3) is 10.0 Å². The summed E-state index contributed by atoms with van der Waals surface area (Å²) in [6.07, 6.45) is 2.71. The van der Waals surface area contributed by atoms with Crippen molar-refractivity contribution in [3.8, 4) is 5.75 Å². The minimum absolute atomic E-state index is 0.0883. The number of hydrogen-bond acceptors (Lipinski definition) is 5. The number of rotatable bonds is 6. The monoisotopic (exact) mass is 347 g/mol. The second kappa shape index (κ2) is 7.65. The van der Waals surface area contributed by atoms with Crippen molar-refractivity contribution in [1.82, 2.24) is 0 Å². The number of ether oxygens (including phenoxy) is 2. The summed E-state index contributed by atoms with van der Waals surface area (Å²) < 4.78 is 36.9. The molecule has 1 N–H and O–H groups in total. The van der Waals surface area contributed by atoms with E-state index in [1.165, 1.54) is 38.5 Å². The Morgan fingerprint density at radius 1 is 1.08 bits per heavy atom. The first kappa shape index (κ1) is 17.6. The van der Waals surface area contributed by atoms with Crippen LogP contribution in [-0.2, 0) is 19.6 Å². The van der Waals surface area contributed by atoms with Crippen LogP contribution in [0.1, 0.15) is 5.56 Å². The molecule has 0 radical (unpaired) electrons. The van der Waals surface area contributed by atoms with E-state index < -0.39 is 16.0 Å². The molecule has 6 nitrogen and oxygen atoms in total. The van der Waals surface area contributed by atoms with Crippen LogP contribution in [0.3, 0.4) is 0 Å². The minimum atomic E-state index is -3.74. The standard InChI is InChI=1S/C17H17NO5S/c1-22-15-9-7-14(8-10-15)18-24(20,21)16-5-3-4-13(12-16)6-11-17(19)23-2/h3-12,18H,1-2H3. The van der Waals surface area contributed by atoms with E-state index in [-0.39, 0.29) is 4.90 Å². The van der Waals surface area contributed by atoms with Gasteiger partial charge in [-0.15, -0.1) is 0 Å². The van der Waals surface area contributed by atoms with Crippen molar-refractivity contribution in [3.63, 3.8) is 0 Å². The van der Waals surface area contributed by atoms with Gasteiger partial charge < -0.3 is 9.47 Å². The Hall–Kier alpha value is -2.80. The lowest BCUT2D eigenvalue weighted by atomic mass is 10.2. The number of nitrogens with one attached hydrogen (secondary N) is 1. The molecule has 2 aromatic carbocycles. The van der Waals surface area contributed by atoms with Gasteiger partial charge in [0.15, 0.2) is 0 Å². The molecule has 126 valence electrons. The normalized spacial score (nSPS) is 11.2. The van der Waals surface area contributed by atoms with Crippen molar-refractivity contribution in [2.75, 3.05) is 18.9 Å². The number of methoxy groups -OCH3 is 2. The molecule has 2 aromatic rings. The third kappa shape index (κ3) is 4.60. The van der Waals surface area contributed by atoms with Gasteiger partial charge in [-0.3, -0.25) is 4.72 Å². The maximum absolute atomic E-state index is 12.4. The predicted octanol–water partition coefficient (Wildman–Crippen LogP) is 2.68. The van der Waals surface area contributed by atoms with E-state index in [1.807, 2.05) is 0 Å². The summed E-state index contributed by atoms with van der Waals surface area (Å²) in [6, 6.07) is 12.8. The molecule has 0 aliphatic heterocycles. The van der Waals surface area contributed by atoms with Crippen LogP contribution in [0.5, 0.6) is 5.75 Å². The highest BCUT2D eigenvalue weighted by Crippen LogP contribution is 2.20. The number of esters is 1. The van der Waals surface area contributed by atoms with Crippen LogP contribution in [0, 0.1) is 0 Å². The molecule has 0 heterocycles. The quantitative estimate of drug-likeness (QED) is 0.642. The molecule has 7 heteroatoms. The van der Waals surface area contributed by atoms with Gasteiger partial charge >= 0.3 is 5.97 Å². The summed E-state index contributed by atoms with van der Waals surface area (Å²) in [6.45, 7) is 0. The second-order valence-corrected chi connectivity index (χ2v) is 6.45. The fourth-order valence-electron chi connectivity index (χ4n) is 1.89. The van der Waals surface area contributed by atoms with Crippen molar-refractivity contribution in [3.05, 3.63) is 60.2 Å². The molecule has 0 aliphatic carbocycles. The molecule has 0 aromatic heterocycles. The van der Waals surface area contributed by atoms with Gasteiger partial charge in [0.05, 0.1) is 19.1 Å². The molecule has 0 saturated heterocycles. The zero-order valence-electron chi connectivity index (χ0n) is 13.2. The van der Waals surface area contributed by atoms with Gasteiger partial charge in [-0.25, -0.2) is 13.2 Å². The topological polar surface area (TPSA) is 81.7 Å². The molecular formula is C17H17NO5S. The predicted molar refractivity (Wildman–Crippen MR) is 91.3 cm³/mol. The Labute approximate surface area is 140 Å². The third-order valence-electron chi connectivity index (χ3n) is 3.12. The maximum Gasteiger partial charge on any atom is 0.330 e. The van der Waals surface area contributed by atoms with Gasteiger partial charge in [-0.2, -0.15) is 0 Å². The van der Waals surface area contributed by atoms with E-state index in [0.29, 0.717) is 17.0 Å². The van der Waals surface area contributed by atoms with Crippen molar-refractivity contribution in [2.45, 2.75) is 4.90 Å². The maximum atomic E-state index is 12.4. The van der Waals surface area contributed by atoms with Crippen LogP contribution in [0.15, 0.2) is 59.5 Å². The zero-order chi connectivity index (χ0) is 17.6. The molecule has 0 spiro atoms. The molecule has 24 heavy (non-hydrogen) atoms. The summed E-state index contributed by atoms with van der Waals surface area (Å²) in [4.78, 5) is 11.2. The average molecular weight is 347 g/mol. The zero-order valence-corrected chi connectivity index (χ0v) is 14.0. The van der Waals surface area contributed by atoms with Crippen molar-refractivity contribution >= 4 is 27.8 Å². The first-order valence-corrected chi connectivity index (χ1v) is 8.46. The van der Waals surface area contributed by atoms with Crippen LogP contribution in [0.25, 0.3) is 6.08 Å². The van der Waals surface area contributed by atoms with Crippen LogP contribution in [0.2, 0.25) is 0 Å². The lowest BCUT2D eigenvalue weighted by molar-refractivity contribution is -0.134. The first-order valence-electron chi connectivity index (χ1n) is 6.97. The number of carbonyl (C=O) groups is 1. The molecule has 0 aliphatic rings. The van der Waals surface area contributed by atoms with E-state index in [1.54, 1.807) is 36.4 Å². The highest BCUT2D eigenvalue weighted by Gasteiger charge is 2.14. The molecule has 0 unspecified atom stereocenters. The number of sulfonamides is 1. The molecule has 0 fully saturated rings. The summed E-state index contributed by atoms with van der Waals surface area (Å²) in [5.74, 6) is 0.118. The van der Waals surface area contributed by atoms with Crippen molar-refractivity contribution < 1.29 is 22.7 Å². The fourth-order valence-corrected chi connectivity index (χ4v) is 3.00. The van der Waals surface area contributed by atoms with Crippen molar-refractivity contribution in [2.24, 2.45) is 0 Å². The van der Waals surface area contributed by atoms with Crippen LogP contribution in [0.4, 0.5) is 5.69 Å². The molecule has 0 amide bonds. The smallest absolute Gasteiger partial charge is 0.330 e. The number of hydrogen-bond donors (Lipinski definition) is 1. The number of anilines is 1. The Morgan fingerprint density at radius 2 is 1.79 bits per heavy atom. The van der Waals surface area contributed by atoms with Crippen LogP contribution >= 0.6 is 0 Å². The molecule has 0 bridgehead atoms. The van der Waals surface area contributed by atoms with Crippen LogP contribution in [-0.4, -0.2) is 28.6 Å². The highest BCUT2D eigenvalue weighted by molar-refractivity contribution is 7.92. The van der Waals surface area contributed by atoms with Crippen LogP contribution < -0.4 is 9.46 Å². The fraction of sp³-hybridized carbons (Fsp3) is 0.118. The molecule has 2 rings (SSSR count). The van der Waals surface area contributed by atoms with E-state index in [2.05, 4.69) is 9.46 Å². The molecular weight excluding hydrogens is 330 g/mol. The highest BCUT2D eigenvalue weighted by atomic mass is 32.2. The van der Waals surface area contributed by atoms with Gasteiger partial charge in [-0.05, 0) is 48.0 Å². The van der Waals surface area contributed by atoms with Gasteiger partial charge in [0.2, 0.25) is 0 Å². The number of benzene rings is 2. The van der Waals surface area contributed by atoms with Gasteiger partial charge in [0, 0.05) is 11.8 Å². The Kier molecular flexibility index (Phi) is 5.59. The average Bonchev–Trinajstić information content (AvgIpc) is 2.60. The van der Waals surface area contributed by atoms with E-state index in [0.717, 1.165) is 0 Å². The molecule has 0 atom stereocenters. The summed E-state index contributed by atoms with van der Waals surface area (Å²) in [7, 11) is -0.936. The SMILES string of the molecule is COC(=O)C=Cc1cccc(S(=O)(=O)Nc2ccc(OC)cc2)c1. The first-order chi connectivity index (χ1) is 11.4. The van der Waals surface area contributed by atoms with Gasteiger partial charge in [0.1, 0.15) is 5.75 Å². The second-order valence-electron chi connectivity index (χ2n) is 4.76. The van der Waals surface area contributed by atoms with Gasteiger partial charge in [-0.1, -0.05) is 12.1 Å². The summed E-state index contributed by atoms with van der Waals surface area (Å²) >= 11 is 0. The largest absolute Gasteiger partial charge is 0.497 e. The summed E-state index contributed by atoms with van der Waals surface area (Å²) in [5, 5.41) is 0. The number of carbonyl (C=O) groups excluding carboxylic acids is 1. The van der Waals surface area contributed by atoms with E-state index in [9.17, 15) is 13.2 Å². The van der Waals surface area contributed by atoms with Crippen molar-refractivity contribution in [1.29, 1.82) is 0 Å². The molecule has 0 saturated carbocycles. The minimum Gasteiger partial charge on any atom is -0.497 e. The Bertz CT molecular complexity index is 842. The summed E-state index contributed by atoms with van der Waals surface area (Å²) in [5.41, 5.74) is 0.990. The lowest BCUT2D eigenvalue weighted by Gasteiger charge is -2.09. The third-order valence-corrected chi connectivity index (χ3v) is 4.50. The van der Waals surface area contributed by atoms with E-state index in [4.69, 9.17) is 4.74 Å². The Balaban J connectivity index is 2.22. The lowest BCUT2D eigenvalue weighted by Crippen LogP contribution is -2.12.